The van der Waals surface area contributed by atoms with Crippen molar-refractivity contribution < 1.29 is 67.7 Å². The Morgan fingerprint density at radius 2 is 0.964 bits per heavy atom. The molecule has 29 heteroatoms. The van der Waals surface area contributed by atoms with Gasteiger partial charge in [0.2, 0.25) is 70.9 Å². The van der Waals surface area contributed by atoms with E-state index in [2.05, 4.69) is 53.2 Å². The zero-order chi connectivity index (χ0) is 62.2. The van der Waals surface area contributed by atoms with Gasteiger partial charge in [-0.2, -0.15) is 11.8 Å². The molecule has 0 radical (unpaired) electrons. The highest BCUT2D eigenvalue weighted by Gasteiger charge is 2.34. The number of benzene rings is 2. The van der Waals surface area contributed by atoms with Crippen molar-refractivity contribution in [2.75, 3.05) is 38.2 Å². The number of nitrogens with one attached hydrogen (secondary N) is 10. The molecule has 0 saturated heterocycles. The number of amides is 12. The normalized spacial score (nSPS) is 14.6. The van der Waals surface area contributed by atoms with Crippen molar-refractivity contribution in [3.05, 3.63) is 71.8 Å². The number of thioether (sulfide) groups is 1. The Hall–Kier alpha value is -7.73. The van der Waals surface area contributed by atoms with Crippen molar-refractivity contribution >= 4 is 82.6 Å². The van der Waals surface area contributed by atoms with Crippen LogP contribution in [0.15, 0.2) is 60.7 Å². The van der Waals surface area contributed by atoms with Gasteiger partial charge >= 0.3 is 0 Å². The van der Waals surface area contributed by atoms with E-state index < -0.39 is 164 Å². The predicted molar refractivity (Wildman–Crippen MR) is 307 cm³/mol. The molecule has 0 spiro atoms. The minimum absolute atomic E-state index is 0.0588. The SMILES string of the molecule is CSCC[C@H](NC(=O)[C@H](CC(C)C)NC(=O)CNC(=O)[C@H](Cc1ccccc1)NC(=O)[C@H](Cc1ccccc1)NC(=O)[C@H](CCC(N)=O)NC(=O)[C@H](CO)NC(=O)[C@H](C)NC(=O)[C@H](CCCCN)NC(=O)CNC(=O)[C@@H](N)[C@@H](C)O)C(N)=O. The molecule has 10 atom stereocenters. The van der Waals surface area contributed by atoms with Crippen LogP contribution < -0.4 is 76.1 Å². The average molecular weight is 1190 g/mol. The summed E-state index contributed by atoms with van der Waals surface area (Å²) in [6.45, 7) is 4.14. The van der Waals surface area contributed by atoms with Gasteiger partial charge in [0.05, 0.1) is 25.8 Å². The molecule has 0 aliphatic heterocycles. The van der Waals surface area contributed by atoms with Gasteiger partial charge in [0, 0.05) is 19.3 Å². The molecule has 83 heavy (non-hydrogen) atoms. The van der Waals surface area contributed by atoms with Crippen LogP contribution in [0.2, 0.25) is 0 Å². The summed E-state index contributed by atoms with van der Waals surface area (Å²) in [6, 6.07) is 4.55. The van der Waals surface area contributed by atoms with E-state index in [0.717, 1.165) is 0 Å². The molecule has 460 valence electrons. The van der Waals surface area contributed by atoms with Crippen molar-refractivity contribution in [1.29, 1.82) is 0 Å². The summed E-state index contributed by atoms with van der Waals surface area (Å²) < 4.78 is 0. The van der Waals surface area contributed by atoms with Gasteiger partial charge in [0.25, 0.3) is 0 Å². The lowest BCUT2D eigenvalue weighted by molar-refractivity contribution is -0.136. The molecular formula is C54H84N14O14S. The number of aliphatic hydroxyl groups is 2. The minimum atomic E-state index is -1.77. The number of aliphatic hydroxyl groups excluding tert-OH is 2. The molecule has 28 nitrogen and oxygen atoms in total. The van der Waals surface area contributed by atoms with Gasteiger partial charge in [-0.05, 0) is 88.0 Å². The molecule has 0 unspecified atom stereocenters. The highest BCUT2D eigenvalue weighted by Crippen LogP contribution is 2.11. The summed E-state index contributed by atoms with van der Waals surface area (Å²) in [5, 5.41) is 44.6. The number of rotatable bonds is 39. The van der Waals surface area contributed by atoms with Crippen LogP contribution in [0.5, 0.6) is 0 Å². The molecule has 2 rings (SSSR count). The molecule has 0 bridgehead atoms. The van der Waals surface area contributed by atoms with Gasteiger partial charge in [-0.25, -0.2) is 0 Å². The number of nitrogens with two attached hydrogens (primary N) is 4. The number of primary amides is 2. The second-order valence-corrected chi connectivity index (χ2v) is 21.1. The van der Waals surface area contributed by atoms with Gasteiger partial charge in [-0.1, -0.05) is 74.5 Å². The van der Waals surface area contributed by atoms with Crippen LogP contribution in [0.25, 0.3) is 0 Å². The zero-order valence-corrected chi connectivity index (χ0v) is 48.4. The summed E-state index contributed by atoms with van der Waals surface area (Å²) >= 11 is 1.45. The highest BCUT2D eigenvalue weighted by atomic mass is 32.2. The molecule has 0 aromatic heterocycles. The van der Waals surface area contributed by atoms with E-state index in [1.807, 2.05) is 20.1 Å². The van der Waals surface area contributed by atoms with E-state index in [9.17, 15) is 67.7 Å². The first-order valence-corrected chi connectivity index (χ1v) is 28.5. The van der Waals surface area contributed by atoms with Crippen LogP contribution in [0.1, 0.15) is 83.8 Å². The number of carbonyl (C=O) groups is 12. The molecular weight excluding hydrogens is 1100 g/mol. The predicted octanol–water partition coefficient (Wildman–Crippen LogP) is -5.02. The third-order valence-corrected chi connectivity index (χ3v) is 13.3. The standard InChI is InChI=1S/C54H84N14O14S/c1-30(2)24-38(51(79)64-35(46(58)74)21-23-83-5)63-44(73)27-59-48(76)39(25-33-14-8-6-9-15-33)66-52(80)40(26-34-16-10-7-11-17-34)67-50(78)37(19-20-42(56)71)65-53(81)41(29-69)68-47(75)31(3)61-49(77)36(18-12-13-22-55)62-43(72)28-60-54(82)45(57)32(4)70/h6-11,14-17,30-32,35-41,45,69-70H,12-13,18-29,55,57H2,1-5H3,(H2,56,71)(H2,58,74)(H,59,76)(H,60,82)(H,61,77)(H,62,72)(H,63,73)(H,64,79)(H,65,81)(H,66,80)(H,67,78)(H,68,75)/t31-,32+,35-,36-,37-,38-,39-,40-,41-,45-/m0/s1. The van der Waals surface area contributed by atoms with Crippen LogP contribution in [-0.2, 0) is 70.4 Å². The van der Waals surface area contributed by atoms with Crippen molar-refractivity contribution in [3.63, 3.8) is 0 Å². The fourth-order valence-corrected chi connectivity index (χ4v) is 8.38. The Morgan fingerprint density at radius 1 is 0.518 bits per heavy atom. The number of carbonyl (C=O) groups excluding carboxylic acids is 12. The van der Waals surface area contributed by atoms with Crippen LogP contribution in [-0.4, -0.2) is 180 Å². The molecule has 0 heterocycles. The molecule has 0 aliphatic carbocycles. The quantitative estimate of drug-likeness (QED) is 0.0279. The van der Waals surface area contributed by atoms with Gasteiger partial charge < -0.3 is 86.3 Å². The molecule has 20 N–H and O–H groups in total. The Balaban J connectivity index is 2.34. The van der Waals surface area contributed by atoms with Gasteiger partial charge in [-0.15, -0.1) is 0 Å². The third-order valence-electron chi connectivity index (χ3n) is 12.6. The largest absolute Gasteiger partial charge is 0.394 e. The Morgan fingerprint density at radius 3 is 1.46 bits per heavy atom. The molecule has 2 aromatic carbocycles. The number of unbranched alkanes of at least 4 members (excludes halogenated alkanes) is 1. The summed E-state index contributed by atoms with van der Waals surface area (Å²) in [5.41, 5.74) is 23.3. The monoisotopic (exact) mass is 1180 g/mol. The topological polar surface area (TPSA) is 470 Å². The molecule has 0 fully saturated rings. The van der Waals surface area contributed by atoms with Crippen molar-refractivity contribution in [2.24, 2.45) is 28.9 Å². The van der Waals surface area contributed by atoms with E-state index in [4.69, 9.17) is 22.9 Å². The highest BCUT2D eigenvalue weighted by molar-refractivity contribution is 7.98. The first-order valence-electron chi connectivity index (χ1n) is 27.2. The van der Waals surface area contributed by atoms with E-state index in [-0.39, 0.29) is 44.6 Å². The summed E-state index contributed by atoms with van der Waals surface area (Å²) in [5.74, 6) is -9.96. The Bertz CT molecular complexity index is 2480. The maximum absolute atomic E-state index is 14.4. The van der Waals surface area contributed by atoms with Crippen LogP contribution in [0, 0.1) is 5.92 Å². The van der Waals surface area contributed by atoms with E-state index in [1.54, 1.807) is 60.7 Å². The van der Waals surface area contributed by atoms with Crippen LogP contribution in [0.4, 0.5) is 0 Å². The maximum atomic E-state index is 14.4. The average Bonchev–Trinajstić information content (AvgIpc) is 3.47. The molecule has 0 aliphatic rings. The second kappa shape index (κ2) is 38.1. The fourth-order valence-electron chi connectivity index (χ4n) is 7.90. The second-order valence-electron chi connectivity index (χ2n) is 20.1. The summed E-state index contributed by atoms with van der Waals surface area (Å²) in [4.78, 5) is 159. The van der Waals surface area contributed by atoms with E-state index in [1.165, 1.54) is 25.6 Å². The van der Waals surface area contributed by atoms with Crippen molar-refractivity contribution in [2.45, 2.75) is 146 Å². The van der Waals surface area contributed by atoms with Crippen molar-refractivity contribution in [1.82, 2.24) is 53.2 Å². The molecule has 2 aromatic rings. The van der Waals surface area contributed by atoms with Gasteiger partial charge in [0.15, 0.2) is 0 Å². The van der Waals surface area contributed by atoms with Gasteiger partial charge in [0.1, 0.15) is 54.4 Å². The summed E-state index contributed by atoms with van der Waals surface area (Å²) in [6.07, 6.45) is 0.726. The smallest absolute Gasteiger partial charge is 0.245 e. The minimum Gasteiger partial charge on any atom is -0.394 e. The number of hydrogen-bond acceptors (Lipinski definition) is 17. The third kappa shape index (κ3) is 27.7. The lowest BCUT2D eigenvalue weighted by atomic mass is 10.0. The fraction of sp³-hybridized carbons (Fsp3) is 0.556. The first kappa shape index (κ1) is 71.4. The molecule has 12 amide bonds. The Labute approximate surface area is 486 Å². The van der Waals surface area contributed by atoms with Crippen molar-refractivity contribution in [3.8, 4) is 0 Å². The zero-order valence-electron chi connectivity index (χ0n) is 47.5. The summed E-state index contributed by atoms with van der Waals surface area (Å²) in [7, 11) is 0. The number of hydrogen-bond donors (Lipinski definition) is 16. The van der Waals surface area contributed by atoms with Crippen LogP contribution >= 0.6 is 11.8 Å². The maximum Gasteiger partial charge on any atom is 0.245 e. The first-order chi connectivity index (χ1) is 39.3. The lowest BCUT2D eigenvalue weighted by Gasteiger charge is -2.27. The lowest BCUT2D eigenvalue weighted by Crippen LogP contribution is -2.60. The van der Waals surface area contributed by atoms with E-state index in [0.29, 0.717) is 29.7 Å². The Kier molecular flexibility index (Phi) is 32.8. The van der Waals surface area contributed by atoms with E-state index >= 15 is 0 Å². The molecule has 0 saturated carbocycles. The van der Waals surface area contributed by atoms with Crippen LogP contribution in [0.3, 0.4) is 0 Å². The van der Waals surface area contributed by atoms with Gasteiger partial charge in [-0.3, -0.25) is 57.5 Å².